The molecule has 1 aliphatic heterocycles. The topological polar surface area (TPSA) is 124 Å². The van der Waals surface area contributed by atoms with E-state index in [0.29, 0.717) is 46.3 Å². The summed E-state index contributed by atoms with van der Waals surface area (Å²) in [6.45, 7) is 2.65. The van der Waals surface area contributed by atoms with Crippen LogP contribution in [0.4, 0.5) is 17.3 Å². The summed E-state index contributed by atoms with van der Waals surface area (Å²) in [6, 6.07) is 16.3. The number of rotatable bonds is 5. The maximum Gasteiger partial charge on any atom is 0.256 e. The second-order valence-electron chi connectivity index (χ2n) is 8.31. The van der Waals surface area contributed by atoms with Gasteiger partial charge < -0.3 is 21.1 Å². The van der Waals surface area contributed by atoms with E-state index in [1.807, 2.05) is 19.1 Å². The van der Waals surface area contributed by atoms with Crippen LogP contribution in [0, 0.1) is 6.92 Å². The number of amides is 2. The van der Waals surface area contributed by atoms with Crippen molar-refractivity contribution in [1.29, 1.82) is 0 Å². The summed E-state index contributed by atoms with van der Waals surface area (Å²) in [7, 11) is 1.55. The van der Waals surface area contributed by atoms with Gasteiger partial charge in [-0.3, -0.25) is 9.59 Å². The van der Waals surface area contributed by atoms with Gasteiger partial charge in [-0.2, -0.15) is 5.10 Å². The number of benzene rings is 2. The van der Waals surface area contributed by atoms with Gasteiger partial charge in [-0.15, -0.1) is 0 Å². The van der Waals surface area contributed by atoms with Gasteiger partial charge in [-0.25, -0.2) is 9.67 Å². The largest absolute Gasteiger partial charge is 0.497 e. The number of nitrogens with zero attached hydrogens (tertiary/aromatic N) is 3. The third-order valence-electron chi connectivity index (χ3n) is 5.93. The highest BCUT2D eigenvalue weighted by Crippen LogP contribution is 2.34. The first-order valence-electron chi connectivity index (χ1n) is 11.1. The van der Waals surface area contributed by atoms with Gasteiger partial charge in [0.2, 0.25) is 0 Å². The summed E-state index contributed by atoms with van der Waals surface area (Å²) >= 11 is 0. The third-order valence-corrected chi connectivity index (χ3v) is 5.93. The molecular weight excluding hydrogens is 444 g/mol. The number of pyridine rings is 1. The number of fused-ring (bicyclic) bond motifs is 2. The standard InChI is InChI=1S/C26H24N6O3/c1-15-3-8-20-18(13-15)10-12-32-25(29-20)22(24(27)33)23(31-32)16-4-6-17(7-5-16)26(34)30-21-14-19(35-2)9-11-28-21/h3-9,11,13-14,29H,10,12H2,1-2H3,(H2,27,33)(H,28,30,34). The van der Waals surface area contributed by atoms with E-state index < -0.39 is 5.91 Å². The van der Waals surface area contributed by atoms with E-state index in [-0.39, 0.29) is 5.91 Å². The van der Waals surface area contributed by atoms with E-state index >= 15 is 0 Å². The number of hydrogen-bond donors (Lipinski definition) is 3. The van der Waals surface area contributed by atoms with E-state index in [0.717, 1.165) is 17.7 Å². The second kappa shape index (κ2) is 8.94. The molecule has 35 heavy (non-hydrogen) atoms. The highest BCUT2D eigenvalue weighted by atomic mass is 16.5. The van der Waals surface area contributed by atoms with Crippen LogP contribution in [0.1, 0.15) is 31.8 Å². The minimum absolute atomic E-state index is 0.316. The molecule has 176 valence electrons. The Bertz CT molecular complexity index is 1440. The number of ether oxygens (including phenoxy) is 1. The number of primary amides is 1. The van der Waals surface area contributed by atoms with Crippen LogP contribution < -0.4 is 21.1 Å². The van der Waals surface area contributed by atoms with Gasteiger partial charge in [-0.05, 0) is 43.2 Å². The van der Waals surface area contributed by atoms with Gasteiger partial charge in [0.15, 0.2) is 0 Å². The van der Waals surface area contributed by atoms with Crippen LogP contribution in [-0.2, 0) is 13.0 Å². The SMILES string of the molecule is COc1ccnc(NC(=O)c2ccc(-c3nn4c(c3C(N)=O)Nc3ccc(C)cc3CC4)cc2)c1. The lowest BCUT2D eigenvalue weighted by molar-refractivity contribution is 0.0998. The van der Waals surface area contributed by atoms with E-state index in [4.69, 9.17) is 15.6 Å². The van der Waals surface area contributed by atoms with Crippen molar-refractivity contribution in [2.45, 2.75) is 19.9 Å². The van der Waals surface area contributed by atoms with Crippen molar-refractivity contribution in [2.24, 2.45) is 5.73 Å². The molecule has 0 spiro atoms. The Morgan fingerprint density at radius 2 is 1.91 bits per heavy atom. The predicted octanol–water partition coefficient (Wildman–Crippen LogP) is 3.91. The molecule has 3 heterocycles. The molecule has 0 radical (unpaired) electrons. The summed E-state index contributed by atoms with van der Waals surface area (Å²) < 4.78 is 6.94. The third kappa shape index (κ3) is 4.31. The molecule has 5 rings (SSSR count). The van der Waals surface area contributed by atoms with Crippen LogP contribution in [0.25, 0.3) is 11.3 Å². The smallest absolute Gasteiger partial charge is 0.256 e. The van der Waals surface area contributed by atoms with Gasteiger partial charge >= 0.3 is 0 Å². The number of methoxy groups -OCH3 is 1. The van der Waals surface area contributed by atoms with Crippen LogP contribution in [0.15, 0.2) is 60.8 Å². The van der Waals surface area contributed by atoms with Crippen molar-refractivity contribution in [3.63, 3.8) is 0 Å². The first kappa shape index (κ1) is 22.1. The Kier molecular flexibility index (Phi) is 5.66. The molecule has 2 aromatic heterocycles. The molecule has 9 nitrogen and oxygen atoms in total. The molecule has 0 aliphatic carbocycles. The summed E-state index contributed by atoms with van der Waals surface area (Å²) in [4.78, 5) is 29.3. The molecule has 4 N–H and O–H groups in total. The number of carbonyl (C=O) groups excluding carboxylic acids is 2. The zero-order valence-corrected chi connectivity index (χ0v) is 19.3. The van der Waals surface area contributed by atoms with Crippen molar-refractivity contribution in [3.8, 4) is 17.0 Å². The van der Waals surface area contributed by atoms with Crippen molar-refractivity contribution < 1.29 is 14.3 Å². The van der Waals surface area contributed by atoms with Crippen LogP contribution >= 0.6 is 0 Å². The molecule has 0 atom stereocenters. The molecule has 0 unspecified atom stereocenters. The molecule has 4 aromatic rings. The van der Waals surface area contributed by atoms with Gasteiger partial charge in [-0.1, -0.05) is 29.8 Å². The summed E-state index contributed by atoms with van der Waals surface area (Å²) in [6.07, 6.45) is 2.33. The fraction of sp³-hybridized carbons (Fsp3) is 0.154. The molecule has 0 bridgehead atoms. The number of hydrogen-bond acceptors (Lipinski definition) is 6. The highest BCUT2D eigenvalue weighted by Gasteiger charge is 2.26. The van der Waals surface area contributed by atoms with Crippen LogP contribution in [-0.4, -0.2) is 33.7 Å². The number of anilines is 3. The Balaban J connectivity index is 1.44. The fourth-order valence-corrected chi connectivity index (χ4v) is 4.17. The fourth-order valence-electron chi connectivity index (χ4n) is 4.17. The molecule has 2 amide bonds. The van der Waals surface area contributed by atoms with Gasteiger partial charge in [0.05, 0.1) is 7.11 Å². The number of carbonyl (C=O) groups is 2. The Morgan fingerprint density at radius 3 is 2.66 bits per heavy atom. The molecular formula is C26H24N6O3. The summed E-state index contributed by atoms with van der Waals surface area (Å²) in [5, 5.41) is 10.8. The number of nitrogens with two attached hydrogens (primary N) is 1. The van der Waals surface area contributed by atoms with Crippen LogP contribution in [0.2, 0.25) is 0 Å². The molecule has 2 aromatic carbocycles. The maximum atomic E-state index is 12.7. The molecule has 0 saturated heterocycles. The normalized spacial score (nSPS) is 12.1. The van der Waals surface area contributed by atoms with Crippen molar-refractivity contribution in [3.05, 3.63) is 83.0 Å². The van der Waals surface area contributed by atoms with Gasteiger partial charge in [0.1, 0.15) is 28.6 Å². The van der Waals surface area contributed by atoms with Crippen molar-refractivity contribution in [1.82, 2.24) is 14.8 Å². The predicted molar refractivity (Wildman–Crippen MR) is 133 cm³/mol. The number of nitrogens with one attached hydrogen (secondary N) is 2. The van der Waals surface area contributed by atoms with Crippen LogP contribution in [0.3, 0.4) is 0 Å². The minimum Gasteiger partial charge on any atom is -0.497 e. The zero-order chi connectivity index (χ0) is 24.5. The molecule has 9 heteroatoms. The Hall–Kier alpha value is -4.66. The van der Waals surface area contributed by atoms with E-state index in [9.17, 15) is 9.59 Å². The average Bonchev–Trinajstić information content (AvgIpc) is 3.13. The molecule has 1 aliphatic rings. The zero-order valence-electron chi connectivity index (χ0n) is 19.3. The average molecular weight is 469 g/mol. The number of aromatic nitrogens is 3. The highest BCUT2D eigenvalue weighted by molar-refractivity contribution is 6.06. The molecule has 0 saturated carbocycles. The summed E-state index contributed by atoms with van der Waals surface area (Å²) in [5.74, 6) is 0.655. The summed E-state index contributed by atoms with van der Waals surface area (Å²) in [5.41, 5.74) is 11.0. The van der Waals surface area contributed by atoms with E-state index in [1.54, 1.807) is 54.4 Å². The Morgan fingerprint density at radius 1 is 1.11 bits per heavy atom. The van der Waals surface area contributed by atoms with Crippen molar-refractivity contribution >= 4 is 29.1 Å². The lowest BCUT2D eigenvalue weighted by Gasteiger charge is -2.10. The molecule has 0 fully saturated rings. The number of aryl methyl sites for hydroxylation is 3. The van der Waals surface area contributed by atoms with E-state index in [1.165, 1.54) is 5.56 Å². The maximum absolute atomic E-state index is 12.7. The quantitative estimate of drug-likeness (QED) is 0.408. The lowest BCUT2D eigenvalue weighted by Crippen LogP contribution is -2.14. The van der Waals surface area contributed by atoms with Crippen LogP contribution in [0.5, 0.6) is 5.75 Å². The van der Waals surface area contributed by atoms with Gasteiger partial charge in [0.25, 0.3) is 11.8 Å². The Labute approximate surface area is 201 Å². The van der Waals surface area contributed by atoms with Crippen molar-refractivity contribution in [2.75, 3.05) is 17.7 Å². The van der Waals surface area contributed by atoms with Gasteiger partial charge in [0, 0.05) is 35.6 Å². The first-order chi connectivity index (χ1) is 16.9. The lowest BCUT2D eigenvalue weighted by atomic mass is 10.0. The minimum atomic E-state index is -0.574. The monoisotopic (exact) mass is 468 g/mol. The first-order valence-corrected chi connectivity index (χ1v) is 11.1. The van der Waals surface area contributed by atoms with E-state index in [2.05, 4.69) is 21.7 Å². The second-order valence-corrected chi connectivity index (χ2v) is 8.31.